The molecule has 0 bridgehead atoms. The first-order chi connectivity index (χ1) is 14.6. The molecule has 1 aromatic carbocycles. The SMILES string of the molecule is CC=C(I)c1ccc(CCCc2cccn2-c2ccc(C(=O)CCCCC)cc2)s1. The Kier molecular flexibility index (Phi) is 8.94. The highest BCUT2D eigenvalue weighted by molar-refractivity contribution is 14.1. The lowest BCUT2D eigenvalue weighted by molar-refractivity contribution is 0.0979. The van der Waals surface area contributed by atoms with E-state index in [1.165, 1.54) is 19.0 Å². The Bertz CT molecular complexity index is 981. The molecular weight excluding hydrogens is 501 g/mol. The van der Waals surface area contributed by atoms with Crippen LogP contribution in [0.15, 0.2) is 60.8 Å². The molecule has 0 saturated heterocycles. The van der Waals surface area contributed by atoms with Gasteiger partial charge in [0.1, 0.15) is 0 Å². The minimum absolute atomic E-state index is 0.255. The maximum Gasteiger partial charge on any atom is 0.162 e. The second kappa shape index (κ2) is 11.7. The van der Waals surface area contributed by atoms with Gasteiger partial charge in [-0.05, 0) is 104 Å². The molecular formula is C26H30INOS. The van der Waals surface area contributed by atoms with E-state index in [1.807, 2.05) is 23.5 Å². The molecule has 0 fully saturated rings. The van der Waals surface area contributed by atoms with Crippen LogP contribution < -0.4 is 0 Å². The highest BCUT2D eigenvalue weighted by Gasteiger charge is 2.08. The highest BCUT2D eigenvalue weighted by atomic mass is 127. The van der Waals surface area contributed by atoms with Gasteiger partial charge in [-0.3, -0.25) is 4.79 Å². The van der Waals surface area contributed by atoms with Gasteiger partial charge in [0.15, 0.2) is 5.78 Å². The zero-order chi connectivity index (χ0) is 21.3. The van der Waals surface area contributed by atoms with Crippen molar-refractivity contribution in [1.82, 2.24) is 4.57 Å². The van der Waals surface area contributed by atoms with Crippen molar-refractivity contribution in [1.29, 1.82) is 0 Å². The van der Waals surface area contributed by atoms with Crippen molar-refractivity contribution in [3.63, 3.8) is 0 Å². The van der Waals surface area contributed by atoms with Crippen molar-refractivity contribution in [3.8, 4) is 5.69 Å². The summed E-state index contributed by atoms with van der Waals surface area (Å²) < 4.78 is 3.57. The molecule has 0 aliphatic heterocycles. The molecule has 0 N–H and O–H groups in total. The van der Waals surface area contributed by atoms with E-state index < -0.39 is 0 Å². The monoisotopic (exact) mass is 531 g/mol. The maximum absolute atomic E-state index is 12.3. The average molecular weight is 532 g/mol. The number of hydrogen-bond acceptors (Lipinski definition) is 2. The first-order valence-electron chi connectivity index (χ1n) is 10.8. The Hall–Kier alpha value is -1.66. The van der Waals surface area contributed by atoms with Gasteiger partial charge in [-0.2, -0.15) is 0 Å². The van der Waals surface area contributed by atoms with Crippen LogP contribution >= 0.6 is 33.9 Å². The number of thiophene rings is 1. The summed E-state index contributed by atoms with van der Waals surface area (Å²) in [5.74, 6) is 0.255. The van der Waals surface area contributed by atoms with E-state index in [9.17, 15) is 4.79 Å². The van der Waals surface area contributed by atoms with E-state index in [4.69, 9.17) is 0 Å². The fourth-order valence-corrected chi connectivity index (χ4v) is 5.11. The summed E-state index contributed by atoms with van der Waals surface area (Å²) in [7, 11) is 0. The summed E-state index contributed by atoms with van der Waals surface area (Å²) in [6.45, 7) is 4.25. The molecule has 0 amide bonds. The molecule has 0 radical (unpaired) electrons. The third-order valence-electron chi connectivity index (χ3n) is 5.31. The molecule has 0 aliphatic carbocycles. The lowest BCUT2D eigenvalue weighted by Crippen LogP contribution is -2.02. The minimum Gasteiger partial charge on any atom is -0.321 e. The van der Waals surface area contributed by atoms with Crippen LogP contribution in [0.5, 0.6) is 0 Å². The van der Waals surface area contributed by atoms with Crippen molar-refractivity contribution < 1.29 is 4.79 Å². The predicted octanol–water partition coefficient (Wildman–Crippen LogP) is 8.27. The van der Waals surface area contributed by atoms with Crippen molar-refractivity contribution >= 4 is 43.3 Å². The fourth-order valence-electron chi connectivity index (χ4n) is 3.59. The molecule has 2 nitrogen and oxygen atoms in total. The van der Waals surface area contributed by atoms with Gasteiger partial charge in [-0.15, -0.1) is 11.3 Å². The number of aromatic nitrogens is 1. The molecule has 0 aliphatic rings. The standard InChI is InChI=1S/C26H30INOS/c1-3-5-6-12-25(29)20-13-15-22(16-14-20)28-19-8-10-21(28)9-7-11-23-17-18-26(30-23)24(27)4-2/h4,8,10,13-19H,3,5-7,9,11-12H2,1-2H3. The molecule has 3 aromatic rings. The Morgan fingerprint density at radius 1 is 1.03 bits per heavy atom. The summed E-state index contributed by atoms with van der Waals surface area (Å²) in [6.07, 6.45) is 11.5. The number of carbonyl (C=O) groups is 1. The van der Waals surface area contributed by atoms with Crippen LogP contribution in [0.1, 0.15) is 71.8 Å². The highest BCUT2D eigenvalue weighted by Crippen LogP contribution is 2.29. The van der Waals surface area contributed by atoms with Gasteiger partial charge in [-0.1, -0.05) is 25.8 Å². The molecule has 2 heterocycles. The van der Waals surface area contributed by atoms with E-state index in [0.717, 1.165) is 49.8 Å². The molecule has 0 spiro atoms. The lowest BCUT2D eigenvalue weighted by Gasteiger charge is -2.10. The van der Waals surface area contributed by atoms with Gasteiger partial charge in [0.05, 0.1) is 0 Å². The molecule has 2 aromatic heterocycles. The van der Waals surface area contributed by atoms with Gasteiger partial charge < -0.3 is 4.57 Å². The van der Waals surface area contributed by atoms with Crippen LogP contribution in [0.2, 0.25) is 0 Å². The Labute approximate surface area is 198 Å². The van der Waals surface area contributed by atoms with Gasteiger partial charge in [0, 0.05) is 42.9 Å². The van der Waals surface area contributed by atoms with Crippen LogP contribution in [-0.2, 0) is 12.8 Å². The molecule has 0 atom stereocenters. The van der Waals surface area contributed by atoms with Crippen molar-refractivity contribution in [2.24, 2.45) is 0 Å². The van der Waals surface area contributed by atoms with E-state index in [0.29, 0.717) is 6.42 Å². The van der Waals surface area contributed by atoms with E-state index in [1.54, 1.807) is 0 Å². The number of halogens is 1. The van der Waals surface area contributed by atoms with Crippen LogP contribution in [0.25, 0.3) is 9.27 Å². The summed E-state index contributed by atoms with van der Waals surface area (Å²) in [4.78, 5) is 15.1. The topological polar surface area (TPSA) is 22.0 Å². The van der Waals surface area contributed by atoms with Crippen molar-refractivity contribution in [3.05, 3.63) is 81.8 Å². The number of carbonyl (C=O) groups excluding carboxylic acids is 1. The zero-order valence-electron chi connectivity index (χ0n) is 17.9. The minimum atomic E-state index is 0.255. The largest absolute Gasteiger partial charge is 0.321 e. The zero-order valence-corrected chi connectivity index (χ0v) is 20.8. The molecule has 3 rings (SSSR count). The third-order valence-corrected chi connectivity index (χ3v) is 8.06. The number of aryl methyl sites for hydroxylation is 2. The first kappa shape index (κ1) is 23.0. The van der Waals surface area contributed by atoms with Gasteiger partial charge in [0.2, 0.25) is 0 Å². The molecule has 30 heavy (non-hydrogen) atoms. The van der Waals surface area contributed by atoms with Crippen LogP contribution in [0, 0.1) is 0 Å². The van der Waals surface area contributed by atoms with Crippen LogP contribution in [-0.4, -0.2) is 10.4 Å². The van der Waals surface area contributed by atoms with E-state index in [-0.39, 0.29) is 5.78 Å². The summed E-state index contributed by atoms with van der Waals surface area (Å²) in [5, 5.41) is 0. The fraction of sp³-hybridized carbons (Fsp3) is 0.346. The maximum atomic E-state index is 12.3. The second-order valence-electron chi connectivity index (χ2n) is 7.55. The van der Waals surface area contributed by atoms with Gasteiger partial charge in [0.25, 0.3) is 0 Å². The number of rotatable bonds is 11. The van der Waals surface area contributed by atoms with Crippen molar-refractivity contribution in [2.45, 2.75) is 58.8 Å². The Morgan fingerprint density at radius 3 is 2.57 bits per heavy atom. The lowest BCUT2D eigenvalue weighted by atomic mass is 10.0. The van der Waals surface area contributed by atoms with Crippen LogP contribution in [0.3, 0.4) is 0 Å². The number of nitrogens with zero attached hydrogens (tertiary/aromatic N) is 1. The quantitative estimate of drug-likeness (QED) is 0.139. The van der Waals surface area contributed by atoms with E-state index >= 15 is 0 Å². The Balaban J connectivity index is 1.58. The predicted molar refractivity (Wildman–Crippen MR) is 138 cm³/mol. The molecule has 0 saturated carbocycles. The second-order valence-corrected chi connectivity index (χ2v) is 9.88. The third kappa shape index (κ3) is 6.17. The smallest absolute Gasteiger partial charge is 0.162 e. The number of benzene rings is 1. The number of Topliss-reactive ketones (excluding diaryl/α,β-unsaturated/α-hetero) is 1. The summed E-state index contributed by atoms with van der Waals surface area (Å²) in [6, 6.07) is 16.9. The molecule has 0 unspecified atom stereocenters. The number of ketones is 1. The average Bonchev–Trinajstić information content (AvgIpc) is 3.43. The summed E-state index contributed by atoms with van der Waals surface area (Å²) >= 11 is 4.30. The first-order valence-corrected chi connectivity index (χ1v) is 12.7. The van der Waals surface area contributed by atoms with Crippen LogP contribution in [0.4, 0.5) is 0 Å². The van der Waals surface area contributed by atoms with Gasteiger partial charge >= 0.3 is 0 Å². The molecule has 4 heteroatoms. The normalized spacial score (nSPS) is 11.8. The number of hydrogen-bond donors (Lipinski definition) is 0. The number of unbranched alkanes of at least 4 members (excludes halogenated alkanes) is 2. The van der Waals surface area contributed by atoms with Crippen molar-refractivity contribution in [2.75, 3.05) is 0 Å². The Morgan fingerprint density at radius 2 is 1.83 bits per heavy atom. The van der Waals surface area contributed by atoms with E-state index in [2.05, 4.69) is 89.7 Å². The number of allylic oxidation sites excluding steroid dienone is 1. The summed E-state index contributed by atoms with van der Waals surface area (Å²) in [5.41, 5.74) is 3.27. The van der Waals surface area contributed by atoms with Gasteiger partial charge in [-0.25, -0.2) is 0 Å². The molecule has 158 valence electrons.